The molecule has 2 heterocycles. The number of anilines is 1. The molecule has 2 aromatic heterocycles. The van der Waals surface area contributed by atoms with Crippen LogP contribution in [0.25, 0.3) is 0 Å². The van der Waals surface area contributed by atoms with Gasteiger partial charge in [-0.05, 0) is 18.6 Å². The zero-order chi connectivity index (χ0) is 14.5. The minimum absolute atomic E-state index is 0.133. The maximum absolute atomic E-state index is 12.0. The summed E-state index contributed by atoms with van der Waals surface area (Å²) in [7, 11) is 3.67. The van der Waals surface area contributed by atoms with Gasteiger partial charge in [0.05, 0.1) is 11.3 Å². The fourth-order valence-electron chi connectivity index (χ4n) is 1.98. The molecule has 0 radical (unpaired) electrons. The van der Waals surface area contributed by atoms with E-state index in [0.29, 0.717) is 12.1 Å². The number of nitrogens with one attached hydrogen (secondary N) is 2. The van der Waals surface area contributed by atoms with Gasteiger partial charge >= 0.3 is 0 Å². The lowest BCUT2D eigenvalue weighted by Crippen LogP contribution is -2.23. The van der Waals surface area contributed by atoms with Gasteiger partial charge in [-0.2, -0.15) is 5.10 Å². The second kappa shape index (κ2) is 6.18. The average molecular weight is 273 g/mol. The molecular formula is C14H19N5O. The average Bonchev–Trinajstić information content (AvgIpc) is 2.85. The Balaban J connectivity index is 2.00. The molecule has 0 spiro atoms. The molecular weight excluding hydrogens is 254 g/mol. The molecule has 0 saturated carbocycles. The predicted octanol–water partition coefficient (Wildman–Crippen LogP) is 1.35. The van der Waals surface area contributed by atoms with Crippen LogP contribution >= 0.6 is 0 Å². The van der Waals surface area contributed by atoms with Gasteiger partial charge in [0, 0.05) is 38.6 Å². The van der Waals surface area contributed by atoms with E-state index < -0.39 is 0 Å². The van der Waals surface area contributed by atoms with Gasteiger partial charge in [0.25, 0.3) is 5.91 Å². The van der Waals surface area contributed by atoms with Crippen molar-refractivity contribution in [1.82, 2.24) is 20.1 Å². The number of carbonyl (C=O) groups excluding carboxylic acids is 1. The molecule has 0 bridgehead atoms. The van der Waals surface area contributed by atoms with Crippen LogP contribution in [0.5, 0.6) is 0 Å². The Kier molecular flexibility index (Phi) is 4.34. The molecule has 0 aromatic carbocycles. The zero-order valence-corrected chi connectivity index (χ0v) is 12.0. The van der Waals surface area contributed by atoms with E-state index in [1.807, 2.05) is 20.2 Å². The van der Waals surface area contributed by atoms with E-state index >= 15 is 0 Å². The van der Waals surface area contributed by atoms with E-state index in [0.717, 1.165) is 23.5 Å². The number of carbonyl (C=O) groups is 1. The van der Waals surface area contributed by atoms with Crippen LogP contribution in [0.3, 0.4) is 0 Å². The third-order valence-electron chi connectivity index (χ3n) is 3.05. The van der Waals surface area contributed by atoms with Gasteiger partial charge in [-0.25, -0.2) is 4.98 Å². The monoisotopic (exact) mass is 273 g/mol. The van der Waals surface area contributed by atoms with Gasteiger partial charge in [-0.3, -0.25) is 9.48 Å². The number of aryl methyl sites for hydroxylation is 2. The second-order valence-electron chi connectivity index (χ2n) is 4.49. The minimum Gasteiger partial charge on any atom is -0.373 e. The van der Waals surface area contributed by atoms with Gasteiger partial charge in [0.1, 0.15) is 5.82 Å². The molecule has 0 saturated heterocycles. The summed E-state index contributed by atoms with van der Waals surface area (Å²) in [4.78, 5) is 16.1. The summed E-state index contributed by atoms with van der Waals surface area (Å²) in [6, 6.07) is 3.52. The highest BCUT2D eigenvalue weighted by Crippen LogP contribution is 2.08. The molecule has 6 nitrogen and oxygen atoms in total. The Morgan fingerprint density at radius 2 is 2.20 bits per heavy atom. The maximum Gasteiger partial charge on any atom is 0.253 e. The minimum atomic E-state index is -0.133. The number of aromatic nitrogens is 3. The Morgan fingerprint density at radius 1 is 1.40 bits per heavy atom. The Morgan fingerprint density at radius 3 is 2.80 bits per heavy atom. The Hall–Kier alpha value is -2.37. The molecule has 0 fully saturated rings. The molecule has 2 N–H and O–H groups in total. The number of rotatable bonds is 5. The van der Waals surface area contributed by atoms with E-state index in [-0.39, 0.29) is 5.91 Å². The fourth-order valence-corrected chi connectivity index (χ4v) is 1.98. The highest BCUT2D eigenvalue weighted by molar-refractivity contribution is 5.94. The van der Waals surface area contributed by atoms with Crippen molar-refractivity contribution in [1.29, 1.82) is 0 Å². The highest BCUT2D eigenvalue weighted by Gasteiger charge is 2.09. The van der Waals surface area contributed by atoms with Gasteiger partial charge in [-0.15, -0.1) is 0 Å². The first-order valence-electron chi connectivity index (χ1n) is 6.57. The summed E-state index contributed by atoms with van der Waals surface area (Å²) in [5.41, 5.74) is 2.60. The molecule has 6 heteroatoms. The molecule has 0 unspecified atom stereocenters. The van der Waals surface area contributed by atoms with Crippen LogP contribution in [0.4, 0.5) is 5.82 Å². The first kappa shape index (κ1) is 14.0. The van der Waals surface area contributed by atoms with Crippen LogP contribution in [0, 0.1) is 0 Å². The van der Waals surface area contributed by atoms with E-state index in [9.17, 15) is 4.79 Å². The quantitative estimate of drug-likeness (QED) is 0.862. The number of hydrogen-bond donors (Lipinski definition) is 2. The first-order valence-corrected chi connectivity index (χ1v) is 6.57. The third-order valence-corrected chi connectivity index (χ3v) is 3.05. The normalized spacial score (nSPS) is 10.3. The van der Waals surface area contributed by atoms with Gasteiger partial charge in [0.2, 0.25) is 0 Å². The van der Waals surface area contributed by atoms with Crippen molar-refractivity contribution in [2.45, 2.75) is 19.9 Å². The van der Waals surface area contributed by atoms with E-state index in [2.05, 4.69) is 20.7 Å². The highest BCUT2D eigenvalue weighted by atomic mass is 16.1. The third kappa shape index (κ3) is 3.14. The lowest BCUT2D eigenvalue weighted by Gasteiger charge is -2.05. The summed E-state index contributed by atoms with van der Waals surface area (Å²) in [6.07, 6.45) is 4.34. The lowest BCUT2D eigenvalue weighted by atomic mass is 10.2. The van der Waals surface area contributed by atoms with Crippen LogP contribution in [-0.4, -0.2) is 27.7 Å². The topological polar surface area (TPSA) is 71.8 Å². The summed E-state index contributed by atoms with van der Waals surface area (Å²) < 4.78 is 1.77. The molecule has 20 heavy (non-hydrogen) atoms. The van der Waals surface area contributed by atoms with Crippen molar-refractivity contribution >= 4 is 11.7 Å². The summed E-state index contributed by atoms with van der Waals surface area (Å²) in [5.74, 6) is 0.605. The molecule has 106 valence electrons. The standard InChI is InChI=1S/C14H19N5O/c1-4-12-11(9-19(3)18-12)8-17-14(20)10-5-6-13(15-2)16-7-10/h5-7,9H,4,8H2,1-3H3,(H,15,16)(H,17,20). The molecule has 0 atom stereocenters. The molecule has 2 aromatic rings. The smallest absolute Gasteiger partial charge is 0.253 e. The molecule has 0 aliphatic carbocycles. The molecule has 1 amide bonds. The van der Waals surface area contributed by atoms with Gasteiger partial charge in [-0.1, -0.05) is 6.92 Å². The van der Waals surface area contributed by atoms with Crippen molar-refractivity contribution in [2.24, 2.45) is 7.05 Å². The summed E-state index contributed by atoms with van der Waals surface area (Å²) in [6.45, 7) is 2.53. The van der Waals surface area contributed by atoms with Crippen molar-refractivity contribution in [2.75, 3.05) is 12.4 Å². The second-order valence-corrected chi connectivity index (χ2v) is 4.49. The van der Waals surface area contributed by atoms with E-state index in [1.54, 1.807) is 30.1 Å². The van der Waals surface area contributed by atoms with Crippen LogP contribution in [-0.2, 0) is 20.0 Å². The van der Waals surface area contributed by atoms with Crippen molar-refractivity contribution in [3.05, 3.63) is 41.3 Å². The number of nitrogens with zero attached hydrogens (tertiary/aromatic N) is 3. The van der Waals surface area contributed by atoms with Gasteiger partial charge in [0.15, 0.2) is 0 Å². The van der Waals surface area contributed by atoms with Crippen LogP contribution in [0.15, 0.2) is 24.5 Å². The van der Waals surface area contributed by atoms with Crippen molar-refractivity contribution in [3.8, 4) is 0 Å². The lowest BCUT2D eigenvalue weighted by molar-refractivity contribution is 0.0950. The predicted molar refractivity (Wildman–Crippen MR) is 77.5 cm³/mol. The summed E-state index contributed by atoms with van der Waals surface area (Å²) >= 11 is 0. The van der Waals surface area contributed by atoms with Crippen molar-refractivity contribution in [3.63, 3.8) is 0 Å². The fraction of sp³-hybridized carbons (Fsp3) is 0.357. The summed E-state index contributed by atoms with van der Waals surface area (Å²) in [5, 5.41) is 10.2. The Labute approximate surface area is 118 Å². The maximum atomic E-state index is 12.0. The largest absolute Gasteiger partial charge is 0.373 e. The first-order chi connectivity index (χ1) is 9.63. The zero-order valence-electron chi connectivity index (χ0n) is 12.0. The number of pyridine rings is 1. The van der Waals surface area contributed by atoms with Crippen LogP contribution in [0.2, 0.25) is 0 Å². The molecule has 2 rings (SSSR count). The van der Waals surface area contributed by atoms with E-state index in [4.69, 9.17) is 0 Å². The SMILES string of the molecule is CCc1nn(C)cc1CNC(=O)c1ccc(NC)nc1. The molecule has 0 aliphatic rings. The Bertz CT molecular complexity index is 588. The number of amides is 1. The van der Waals surface area contributed by atoms with E-state index in [1.165, 1.54) is 0 Å². The van der Waals surface area contributed by atoms with Crippen molar-refractivity contribution < 1.29 is 4.79 Å². The van der Waals surface area contributed by atoms with Crippen LogP contribution in [0.1, 0.15) is 28.5 Å². The van der Waals surface area contributed by atoms with Gasteiger partial charge < -0.3 is 10.6 Å². The number of hydrogen-bond acceptors (Lipinski definition) is 4. The van der Waals surface area contributed by atoms with Crippen LogP contribution < -0.4 is 10.6 Å². The molecule has 0 aliphatic heterocycles.